The van der Waals surface area contributed by atoms with Gasteiger partial charge in [-0.2, -0.15) is 0 Å². The Labute approximate surface area is 85.3 Å². The van der Waals surface area contributed by atoms with Crippen LogP contribution in [0.2, 0.25) is 0 Å². The van der Waals surface area contributed by atoms with Crippen molar-refractivity contribution in [2.45, 2.75) is 5.03 Å². The number of H-pyrrole nitrogens is 1. The van der Waals surface area contributed by atoms with E-state index >= 15 is 0 Å². The van der Waals surface area contributed by atoms with Crippen LogP contribution in [0.4, 0.5) is 0 Å². The molecule has 2 heterocycles. The van der Waals surface area contributed by atoms with Gasteiger partial charge >= 0.3 is 0 Å². The Kier molecular flexibility index (Phi) is 1.92. The molecule has 3 rings (SSSR count). The van der Waals surface area contributed by atoms with Gasteiger partial charge in [-0.1, -0.05) is 18.2 Å². The minimum absolute atomic E-state index is 0.285. The van der Waals surface area contributed by atoms with Gasteiger partial charge < -0.3 is 10.3 Å². The van der Waals surface area contributed by atoms with Crippen molar-refractivity contribution in [2.75, 3.05) is 12.4 Å². The maximum Gasteiger partial charge on any atom is 0.0687 e. The second-order valence-corrected chi connectivity index (χ2v) is 5.33. The Morgan fingerprint density at radius 2 is 2.14 bits per heavy atom. The molecule has 3 heteroatoms. The van der Waals surface area contributed by atoms with Crippen molar-refractivity contribution in [3.63, 3.8) is 0 Å². The zero-order valence-corrected chi connectivity index (χ0v) is 8.60. The number of rotatable bonds is 1. The van der Waals surface area contributed by atoms with Gasteiger partial charge in [-0.3, -0.25) is 0 Å². The summed E-state index contributed by atoms with van der Waals surface area (Å²) in [5.74, 6) is 1.09. The van der Waals surface area contributed by atoms with E-state index in [4.69, 9.17) is 0 Å². The van der Waals surface area contributed by atoms with E-state index in [1.54, 1.807) is 0 Å². The summed E-state index contributed by atoms with van der Waals surface area (Å²) in [5.41, 5.74) is 1.25. The number of hydrogen-bond donors (Lipinski definition) is 2. The fourth-order valence-electron chi connectivity index (χ4n) is 1.74. The van der Waals surface area contributed by atoms with Crippen LogP contribution in [0.25, 0.3) is 10.9 Å². The predicted octanol–water partition coefficient (Wildman–Crippen LogP) is 2.16. The van der Waals surface area contributed by atoms with Crippen LogP contribution >= 0.6 is 10.5 Å². The largest absolute Gasteiger partial charge is 0.350 e. The van der Waals surface area contributed by atoms with E-state index in [1.807, 2.05) is 0 Å². The molecule has 0 spiro atoms. The Morgan fingerprint density at radius 3 is 2.93 bits per heavy atom. The Bertz CT molecular complexity index is 466. The monoisotopic (exact) mass is 204 g/mol. The third-order valence-electron chi connectivity index (χ3n) is 2.47. The molecule has 14 heavy (non-hydrogen) atoms. The highest BCUT2D eigenvalue weighted by molar-refractivity contribution is 8.15. The molecule has 0 aliphatic carbocycles. The second kappa shape index (κ2) is 3.26. The molecular formula is C11H12N2S. The topological polar surface area (TPSA) is 27.8 Å². The van der Waals surface area contributed by atoms with Gasteiger partial charge in [0.15, 0.2) is 0 Å². The number of hydrogen-bond acceptors (Lipinski definition) is 1. The summed E-state index contributed by atoms with van der Waals surface area (Å²) in [6.45, 7) is 1.04. The highest BCUT2D eigenvalue weighted by atomic mass is 32.2. The van der Waals surface area contributed by atoms with Crippen molar-refractivity contribution in [2.24, 2.45) is 0 Å². The number of nitrogens with one attached hydrogen (secondary N) is 2. The van der Waals surface area contributed by atoms with E-state index in [-0.39, 0.29) is 10.5 Å². The van der Waals surface area contributed by atoms with Crippen LogP contribution < -0.4 is 5.32 Å². The molecule has 1 unspecified atom stereocenters. The average Bonchev–Trinajstić information content (AvgIpc) is 2.86. The summed E-state index contributed by atoms with van der Waals surface area (Å²) in [6, 6.07) is 10.7. The van der Waals surface area contributed by atoms with Gasteiger partial charge in [0.05, 0.1) is 5.03 Å². The maximum atomic E-state index is 3.48. The first-order chi connectivity index (χ1) is 6.93. The highest BCUT2D eigenvalue weighted by Gasteiger charge is 2.07. The van der Waals surface area contributed by atoms with E-state index in [0.29, 0.717) is 0 Å². The van der Waals surface area contributed by atoms with E-state index in [1.165, 1.54) is 15.9 Å². The van der Waals surface area contributed by atoms with Crippen molar-refractivity contribution < 1.29 is 0 Å². The molecule has 2 aromatic rings. The van der Waals surface area contributed by atoms with E-state index in [2.05, 4.69) is 46.0 Å². The lowest BCUT2D eigenvalue weighted by molar-refractivity contribution is 0.942. The zero-order chi connectivity index (χ0) is 9.38. The van der Waals surface area contributed by atoms with Crippen LogP contribution in [0.5, 0.6) is 0 Å². The standard InChI is InChI=1S/C11H12N2S/c1-2-4-10-9(3-1)7-11(13-10)14-6-5-12-8-14/h1-4,6-7,12-13H,5,8H2. The van der Waals surface area contributed by atoms with Crippen molar-refractivity contribution in [3.8, 4) is 0 Å². The van der Waals surface area contributed by atoms with Crippen molar-refractivity contribution in [1.29, 1.82) is 0 Å². The number of para-hydroxylation sites is 1. The Balaban J connectivity index is 2.14. The molecule has 1 aromatic carbocycles. The second-order valence-electron chi connectivity index (χ2n) is 3.41. The van der Waals surface area contributed by atoms with Gasteiger partial charge in [0.25, 0.3) is 0 Å². The Hall–Kier alpha value is -1.06. The van der Waals surface area contributed by atoms with Crippen LogP contribution in [0.1, 0.15) is 0 Å². The fraction of sp³-hybridized carbons (Fsp3) is 0.182. The molecule has 72 valence electrons. The van der Waals surface area contributed by atoms with Crippen LogP contribution in [0.15, 0.2) is 35.4 Å². The van der Waals surface area contributed by atoms with Gasteiger partial charge in [0.2, 0.25) is 0 Å². The van der Waals surface area contributed by atoms with Crippen molar-refractivity contribution in [3.05, 3.63) is 30.3 Å². The molecule has 1 aliphatic rings. The number of aromatic amines is 1. The van der Waals surface area contributed by atoms with Crippen molar-refractivity contribution in [1.82, 2.24) is 10.3 Å². The molecule has 2 N–H and O–H groups in total. The van der Waals surface area contributed by atoms with Crippen LogP contribution in [-0.2, 0) is 0 Å². The quantitative estimate of drug-likeness (QED) is 0.684. The van der Waals surface area contributed by atoms with Crippen LogP contribution in [0, 0.1) is 0 Å². The predicted molar refractivity (Wildman–Crippen MR) is 63.1 cm³/mol. The summed E-state index contributed by atoms with van der Waals surface area (Å²) >= 11 is 0. The molecular weight excluding hydrogens is 192 g/mol. The van der Waals surface area contributed by atoms with Gasteiger partial charge in [0.1, 0.15) is 0 Å². The van der Waals surface area contributed by atoms with Gasteiger partial charge in [-0.05, 0) is 17.5 Å². The van der Waals surface area contributed by atoms with E-state index in [0.717, 1.165) is 12.4 Å². The highest BCUT2D eigenvalue weighted by Crippen LogP contribution is 2.29. The SMILES string of the molecule is C1=S(c2cc3ccccc3[nH]2)CNC1. The zero-order valence-electron chi connectivity index (χ0n) is 7.79. The average molecular weight is 204 g/mol. The van der Waals surface area contributed by atoms with Gasteiger partial charge in [0, 0.05) is 23.3 Å². The molecule has 0 bridgehead atoms. The lowest BCUT2D eigenvalue weighted by atomic mass is 10.3. The summed E-state index contributed by atoms with van der Waals surface area (Å²) in [5, 5.41) is 8.38. The molecule has 0 amide bonds. The minimum atomic E-state index is 0.285. The molecule has 0 saturated carbocycles. The van der Waals surface area contributed by atoms with E-state index in [9.17, 15) is 0 Å². The lowest BCUT2D eigenvalue weighted by Gasteiger charge is -1.97. The van der Waals surface area contributed by atoms with Crippen LogP contribution in [0.3, 0.4) is 0 Å². The third-order valence-corrected chi connectivity index (χ3v) is 4.34. The molecule has 2 nitrogen and oxygen atoms in total. The van der Waals surface area contributed by atoms with E-state index < -0.39 is 0 Å². The first-order valence-corrected chi connectivity index (χ1v) is 6.21. The molecule has 0 radical (unpaired) electrons. The minimum Gasteiger partial charge on any atom is -0.350 e. The molecule has 0 fully saturated rings. The molecule has 0 saturated heterocycles. The number of fused-ring (bicyclic) bond motifs is 1. The molecule has 1 atom stereocenters. The first-order valence-electron chi connectivity index (χ1n) is 4.75. The molecule has 1 aliphatic heterocycles. The number of aromatic nitrogens is 1. The first kappa shape index (κ1) is 8.26. The van der Waals surface area contributed by atoms with Crippen molar-refractivity contribution >= 4 is 26.8 Å². The maximum absolute atomic E-state index is 3.48. The summed E-state index contributed by atoms with van der Waals surface area (Å²) < 4.78 is 0. The fourth-order valence-corrected chi connectivity index (χ4v) is 3.37. The summed E-state index contributed by atoms with van der Waals surface area (Å²) in [6.07, 6.45) is 0. The normalized spacial score (nSPS) is 21.3. The van der Waals surface area contributed by atoms with Crippen LogP contribution in [-0.4, -0.2) is 22.8 Å². The lowest BCUT2D eigenvalue weighted by Crippen LogP contribution is -2.06. The smallest absolute Gasteiger partial charge is 0.0687 e. The third kappa shape index (κ3) is 1.29. The van der Waals surface area contributed by atoms with Gasteiger partial charge in [-0.25, -0.2) is 0 Å². The van der Waals surface area contributed by atoms with Gasteiger partial charge in [-0.15, -0.1) is 10.5 Å². The number of benzene rings is 1. The summed E-state index contributed by atoms with van der Waals surface area (Å²) in [4.78, 5) is 3.48. The summed E-state index contributed by atoms with van der Waals surface area (Å²) in [7, 11) is 0.285. The Morgan fingerprint density at radius 1 is 1.21 bits per heavy atom. The molecule has 1 aromatic heterocycles.